The number of likely N-dealkylation sites (tertiary alicyclic amines) is 1. The number of rotatable bonds is 3. The van der Waals surface area contributed by atoms with Crippen molar-refractivity contribution >= 4 is 5.82 Å². The average molecular weight is 267 g/mol. The molecule has 0 saturated carbocycles. The third kappa shape index (κ3) is 2.68. The third-order valence-electron chi connectivity index (χ3n) is 4.10. The molecule has 1 aliphatic heterocycles. The predicted octanol–water partition coefficient (Wildman–Crippen LogP) is 3.31. The normalized spacial score (nSPS) is 19.4. The van der Waals surface area contributed by atoms with Gasteiger partial charge in [0.1, 0.15) is 5.82 Å². The van der Waals surface area contributed by atoms with Crippen LogP contribution in [0.2, 0.25) is 0 Å². The minimum Gasteiger partial charge on any atom is -0.384 e. The highest BCUT2D eigenvalue weighted by atomic mass is 15.2. The zero-order valence-corrected chi connectivity index (χ0v) is 11.9. The van der Waals surface area contributed by atoms with E-state index in [1.54, 1.807) is 0 Å². The molecular weight excluding hydrogens is 246 g/mol. The highest BCUT2D eigenvalue weighted by Gasteiger charge is 2.27. The summed E-state index contributed by atoms with van der Waals surface area (Å²) in [5, 5.41) is 0. The highest BCUT2D eigenvalue weighted by molar-refractivity contribution is 5.35. The third-order valence-corrected chi connectivity index (χ3v) is 4.10. The number of pyridine rings is 1. The summed E-state index contributed by atoms with van der Waals surface area (Å²) in [7, 11) is 0. The SMILES string of the molecule is Cc1nc(N)ccc1[C@H]1CCCN1Cc1ccccc1. The fourth-order valence-corrected chi connectivity index (χ4v) is 3.13. The molecule has 3 nitrogen and oxygen atoms in total. The van der Waals surface area contributed by atoms with E-state index in [0.29, 0.717) is 11.9 Å². The predicted molar refractivity (Wildman–Crippen MR) is 82.2 cm³/mol. The van der Waals surface area contributed by atoms with Gasteiger partial charge in [0.2, 0.25) is 0 Å². The summed E-state index contributed by atoms with van der Waals surface area (Å²) < 4.78 is 0. The molecule has 0 bridgehead atoms. The molecule has 0 unspecified atom stereocenters. The fraction of sp³-hybridized carbons (Fsp3) is 0.353. The molecule has 0 spiro atoms. The zero-order valence-electron chi connectivity index (χ0n) is 11.9. The molecular formula is C17H21N3. The molecule has 1 atom stereocenters. The van der Waals surface area contributed by atoms with Crippen LogP contribution in [0.25, 0.3) is 0 Å². The molecule has 2 heterocycles. The Kier molecular flexibility index (Phi) is 3.70. The maximum absolute atomic E-state index is 5.76. The van der Waals surface area contributed by atoms with Crippen molar-refractivity contribution < 1.29 is 0 Å². The van der Waals surface area contributed by atoms with E-state index in [-0.39, 0.29) is 0 Å². The first kappa shape index (κ1) is 13.1. The Morgan fingerprint density at radius 1 is 1.20 bits per heavy atom. The van der Waals surface area contributed by atoms with Gasteiger partial charge in [-0.3, -0.25) is 4.90 Å². The Hall–Kier alpha value is -1.87. The molecule has 2 aromatic rings. The van der Waals surface area contributed by atoms with E-state index in [1.807, 2.05) is 6.07 Å². The van der Waals surface area contributed by atoms with Crippen LogP contribution in [0, 0.1) is 6.92 Å². The van der Waals surface area contributed by atoms with Crippen molar-refractivity contribution in [2.24, 2.45) is 0 Å². The number of hydrogen-bond acceptors (Lipinski definition) is 3. The van der Waals surface area contributed by atoms with Gasteiger partial charge < -0.3 is 5.73 Å². The molecule has 0 radical (unpaired) electrons. The van der Waals surface area contributed by atoms with Crippen molar-refractivity contribution in [2.75, 3.05) is 12.3 Å². The standard InChI is InChI=1S/C17H21N3/c1-13-15(9-10-17(18)19-13)16-8-5-11-20(16)12-14-6-3-2-4-7-14/h2-4,6-7,9-10,16H,5,8,11-12H2,1H3,(H2,18,19)/t16-/m1/s1. The lowest BCUT2D eigenvalue weighted by molar-refractivity contribution is 0.247. The van der Waals surface area contributed by atoms with Gasteiger partial charge in [-0.05, 0) is 43.5 Å². The van der Waals surface area contributed by atoms with Crippen molar-refractivity contribution in [3.8, 4) is 0 Å². The van der Waals surface area contributed by atoms with Gasteiger partial charge in [-0.15, -0.1) is 0 Å². The first-order valence-corrected chi connectivity index (χ1v) is 7.25. The van der Waals surface area contributed by atoms with Crippen LogP contribution in [0.3, 0.4) is 0 Å². The van der Waals surface area contributed by atoms with E-state index in [2.05, 4.69) is 53.2 Å². The topological polar surface area (TPSA) is 42.1 Å². The molecule has 0 aliphatic carbocycles. The second-order valence-corrected chi connectivity index (χ2v) is 5.52. The molecule has 20 heavy (non-hydrogen) atoms. The molecule has 0 amide bonds. The molecule has 104 valence electrons. The van der Waals surface area contributed by atoms with Crippen LogP contribution in [0.4, 0.5) is 5.82 Å². The summed E-state index contributed by atoms with van der Waals surface area (Å²) in [6.07, 6.45) is 2.46. The Balaban J connectivity index is 1.82. The number of aromatic nitrogens is 1. The molecule has 1 aromatic heterocycles. The van der Waals surface area contributed by atoms with Crippen molar-refractivity contribution in [1.82, 2.24) is 9.88 Å². The van der Waals surface area contributed by atoms with Gasteiger partial charge >= 0.3 is 0 Å². The Labute approximate surface area is 120 Å². The number of hydrogen-bond donors (Lipinski definition) is 1. The number of benzene rings is 1. The van der Waals surface area contributed by atoms with E-state index in [9.17, 15) is 0 Å². The van der Waals surface area contributed by atoms with E-state index in [0.717, 1.165) is 18.8 Å². The van der Waals surface area contributed by atoms with Gasteiger partial charge in [-0.25, -0.2) is 4.98 Å². The van der Waals surface area contributed by atoms with Crippen LogP contribution in [-0.4, -0.2) is 16.4 Å². The van der Waals surface area contributed by atoms with Crippen molar-refractivity contribution in [3.05, 3.63) is 59.3 Å². The summed E-state index contributed by atoms with van der Waals surface area (Å²) in [6, 6.07) is 15.2. The lowest BCUT2D eigenvalue weighted by atomic mass is 10.0. The summed E-state index contributed by atoms with van der Waals surface area (Å²) >= 11 is 0. The number of nitrogens with zero attached hydrogens (tertiary/aromatic N) is 2. The van der Waals surface area contributed by atoms with E-state index < -0.39 is 0 Å². The minimum atomic E-state index is 0.475. The summed E-state index contributed by atoms with van der Waals surface area (Å²) in [4.78, 5) is 6.96. The maximum Gasteiger partial charge on any atom is 0.123 e. The molecule has 1 aliphatic rings. The van der Waals surface area contributed by atoms with Crippen molar-refractivity contribution in [2.45, 2.75) is 32.4 Å². The van der Waals surface area contributed by atoms with Crippen LogP contribution in [-0.2, 0) is 6.54 Å². The van der Waals surface area contributed by atoms with Crippen molar-refractivity contribution in [3.63, 3.8) is 0 Å². The first-order chi connectivity index (χ1) is 9.74. The second kappa shape index (κ2) is 5.63. The molecule has 1 saturated heterocycles. The van der Waals surface area contributed by atoms with E-state index in [1.165, 1.54) is 24.0 Å². The van der Waals surface area contributed by atoms with E-state index >= 15 is 0 Å². The summed E-state index contributed by atoms with van der Waals surface area (Å²) in [5.74, 6) is 0.610. The quantitative estimate of drug-likeness (QED) is 0.927. The monoisotopic (exact) mass is 267 g/mol. The highest BCUT2D eigenvalue weighted by Crippen LogP contribution is 2.34. The Morgan fingerprint density at radius 2 is 2.00 bits per heavy atom. The molecule has 1 fully saturated rings. The van der Waals surface area contributed by atoms with Gasteiger partial charge in [0.05, 0.1) is 0 Å². The van der Waals surface area contributed by atoms with Crippen LogP contribution in [0.1, 0.15) is 35.7 Å². The maximum atomic E-state index is 5.76. The van der Waals surface area contributed by atoms with Gasteiger partial charge in [-0.1, -0.05) is 36.4 Å². The van der Waals surface area contributed by atoms with Crippen molar-refractivity contribution in [1.29, 1.82) is 0 Å². The molecule has 3 heteroatoms. The lowest BCUT2D eigenvalue weighted by Gasteiger charge is -2.26. The molecule has 3 rings (SSSR count). The van der Waals surface area contributed by atoms with Crippen LogP contribution in [0.5, 0.6) is 0 Å². The fourth-order valence-electron chi connectivity index (χ4n) is 3.13. The number of anilines is 1. The summed E-state index contributed by atoms with van der Waals surface area (Å²) in [5.41, 5.74) is 9.53. The number of nitrogens with two attached hydrogens (primary N) is 1. The Bertz CT molecular complexity index is 580. The number of aryl methyl sites for hydroxylation is 1. The van der Waals surface area contributed by atoms with Crippen LogP contribution < -0.4 is 5.73 Å². The zero-order chi connectivity index (χ0) is 13.9. The van der Waals surface area contributed by atoms with E-state index in [4.69, 9.17) is 5.73 Å². The van der Waals surface area contributed by atoms with Gasteiger partial charge in [0.25, 0.3) is 0 Å². The molecule has 1 aromatic carbocycles. The smallest absolute Gasteiger partial charge is 0.123 e. The van der Waals surface area contributed by atoms with Gasteiger partial charge in [0, 0.05) is 18.3 Å². The second-order valence-electron chi connectivity index (χ2n) is 5.52. The largest absolute Gasteiger partial charge is 0.384 e. The van der Waals surface area contributed by atoms with Gasteiger partial charge in [0.15, 0.2) is 0 Å². The van der Waals surface area contributed by atoms with Crippen LogP contribution in [0.15, 0.2) is 42.5 Å². The number of nitrogen functional groups attached to an aromatic ring is 1. The first-order valence-electron chi connectivity index (χ1n) is 7.25. The van der Waals surface area contributed by atoms with Crippen LogP contribution >= 0.6 is 0 Å². The molecule has 2 N–H and O–H groups in total. The minimum absolute atomic E-state index is 0.475. The Morgan fingerprint density at radius 3 is 2.75 bits per heavy atom. The average Bonchev–Trinajstić information content (AvgIpc) is 2.88. The van der Waals surface area contributed by atoms with Gasteiger partial charge in [-0.2, -0.15) is 0 Å². The lowest BCUT2D eigenvalue weighted by Crippen LogP contribution is -2.23. The summed E-state index contributed by atoms with van der Waals surface area (Å²) in [6.45, 7) is 4.23.